The molecule has 2 aliphatic heterocycles. The Balaban J connectivity index is 1.65. The highest BCUT2D eigenvalue weighted by molar-refractivity contribution is 6.13. The standard InChI is InChI=1S/C19H13F2NO5/c20-19(21)26-14-4-2-1-3-12(14)17-22-13(18(23)27-17)9-11-5-6-15-16(10-11)25-8-7-24-15/h1-6,9-10,19H,7-8H2/b13-9-. The Morgan fingerprint density at radius 2 is 1.85 bits per heavy atom. The van der Waals surface area contributed by atoms with Crippen molar-refractivity contribution in [3.05, 3.63) is 59.3 Å². The number of esters is 1. The number of carbonyl (C=O) groups is 1. The van der Waals surface area contributed by atoms with Crippen molar-refractivity contribution in [1.29, 1.82) is 0 Å². The molecule has 8 heteroatoms. The molecule has 0 spiro atoms. The van der Waals surface area contributed by atoms with Crippen molar-refractivity contribution < 1.29 is 32.5 Å². The van der Waals surface area contributed by atoms with Crippen molar-refractivity contribution in [2.75, 3.05) is 13.2 Å². The number of benzene rings is 2. The van der Waals surface area contributed by atoms with E-state index in [1.807, 2.05) is 0 Å². The number of halogens is 2. The molecule has 0 aromatic heterocycles. The number of hydrogen-bond donors (Lipinski definition) is 0. The number of hydrogen-bond acceptors (Lipinski definition) is 6. The zero-order valence-electron chi connectivity index (χ0n) is 13.9. The van der Waals surface area contributed by atoms with E-state index in [4.69, 9.17) is 14.2 Å². The first-order valence-corrected chi connectivity index (χ1v) is 8.06. The summed E-state index contributed by atoms with van der Waals surface area (Å²) < 4.78 is 45.7. The Morgan fingerprint density at radius 1 is 1.07 bits per heavy atom. The molecule has 2 aromatic carbocycles. The maximum atomic E-state index is 12.6. The van der Waals surface area contributed by atoms with Crippen LogP contribution in [0.5, 0.6) is 17.2 Å². The molecule has 0 saturated heterocycles. The molecule has 0 N–H and O–H groups in total. The van der Waals surface area contributed by atoms with Gasteiger partial charge in [-0.05, 0) is 35.9 Å². The summed E-state index contributed by atoms with van der Waals surface area (Å²) >= 11 is 0. The van der Waals surface area contributed by atoms with Crippen molar-refractivity contribution in [3.63, 3.8) is 0 Å². The number of ether oxygens (including phenoxy) is 4. The van der Waals surface area contributed by atoms with Gasteiger partial charge in [-0.15, -0.1) is 0 Å². The average Bonchev–Trinajstić information content (AvgIpc) is 3.02. The van der Waals surface area contributed by atoms with Crippen LogP contribution < -0.4 is 14.2 Å². The predicted molar refractivity (Wildman–Crippen MR) is 91.1 cm³/mol. The smallest absolute Gasteiger partial charge is 0.387 e. The summed E-state index contributed by atoms with van der Waals surface area (Å²) in [7, 11) is 0. The highest BCUT2D eigenvalue weighted by atomic mass is 19.3. The second-order valence-electron chi connectivity index (χ2n) is 5.61. The summed E-state index contributed by atoms with van der Waals surface area (Å²) in [4.78, 5) is 16.3. The van der Waals surface area contributed by atoms with Gasteiger partial charge in [0.1, 0.15) is 19.0 Å². The van der Waals surface area contributed by atoms with Crippen molar-refractivity contribution in [1.82, 2.24) is 0 Å². The Kier molecular flexibility index (Phi) is 4.45. The van der Waals surface area contributed by atoms with Crippen molar-refractivity contribution in [2.24, 2.45) is 4.99 Å². The molecule has 2 heterocycles. The predicted octanol–water partition coefficient (Wildman–Crippen LogP) is 3.40. The molecule has 6 nitrogen and oxygen atoms in total. The van der Waals surface area contributed by atoms with Gasteiger partial charge in [0.15, 0.2) is 17.2 Å². The lowest BCUT2D eigenvalue weighted by Gasteiger charge is -2.18. The molecule has 138 valence electrons. The minimum atomic E-state index is -3.00. The molecule has 0 aliphatic carbocycles. The lowest BCUT2D eigenvalue weighted by Crippen LogP contribution is -2.15. The minimum Gasteiger partial charge on any atom is -0.486 e. The second-order valence-corrected chi connectivity index (χ2v) is 5.61. The maximum absolute atomic E-state index is 12.6. The second kappa shape index (κ2) is 7.06. The molecule has 0 atom stereocenters. The third kappa shape index (κ3) is 3.59. The van der Waals surface area contributed by atoms with E-state index < -0.39 is 12.6 Å². The van der Waals surface area contributed by atoms with Gasteiger partial charge in [-0.25, -0.2) is 9.79 Å². The van der Waals surface area contributed by atoms with E-state index in [0.29, 0.717) is 30.3 Å². The summed E-state index contributed by atoms with van der Waals surface area (Å²) in [6.45, 7) is -2.08. The molecule has 0 bridgehead atoms. The minimum absolute atomic E-state index is 0.0357. The molecule has 2 aromatic rings. The lowest BCUT2D eigenvalue weighted by atomic mass is 10.1. The topological polar surface area (TPSA) is 66.4 Å². The number of cyclic esters (lactones) is 1. The normalized spacial score (nSPS) is 17.1. The fourth-order valence-electron chi connectivity index (χ4n) is 2.67. The zero-order chi connectivity index (χ0) is 18.8. The van der Waals surface area contributed by atoms with Crippen LogP contribution in [0.25, 0.3) is 6.08 Å². The van der Waals surface area contributed by atoms with E-state index >= 15 is 0 Å². The summed E-state index contributed by atoms with van der Waals surface area (Å²) in [6.07, 6.45) is 1.52. The molecule has 0 fully saturated rings. The summed E-state index contributed by atoms with van der Waals surface area (Å²) in [6, 6.07) is 11.2. The molecule has 4 rings (SSSR count). The van der Waals surface area contributed by atoms with Gasteiger partial charge < -0.3 is 18.9 Å². The van der Waals surface area contributed by atoms with E-state index in [0.717, 1.165) is 0 Å². The van der Waals surface area contributed by atoms with E-state index in [-0.39, 0.29) is 22.9 Å². The molecule has 0 radical (unpaired) electrons. The van der Waals surface area contributed by atoms with Crippen LogP contribution >= 0.6 is 0 Å². The van der Waals surface area contributed by atoms with Gasteiger partial charge in [-0.1, -0.05) is 18.2 Å². The highest BCUT2D eigenvalue weighted by Crippen LogP contribution is 2.32. The van der Waals surface area contributed by atoms with Crippen molar-refractivity contribution in [2.45, 2.75) is 6.61 Å². The molecular weight excluding hydrogens is 360 g/mol. The Morgan fingerprint density at radius 3 is 2.67 bits per heavy atom. The monoisotopic (exact) mass is 373 g/mol. The van der Waals surface area contributed by atoms with Gasteiger partial charge in [0.2, 0.25) is 5.90 Å². The Labute approximate surface area is 152 Å². The molecule has 27 heavy (non-hydrogen) atoms. The maximum Gasteiger partial charge on any atom is 0.387 e. The fourth-order valence-corrected chi connectivity index (χ4v) is 2.67. The zero-order valence-corrected chi connectivity index (χ0v) is 13.9. The number of nitrogens with zero attached hydrogens (tertiary/aromatic N) is 1. The molecule has 0 amide bonds. The first kappa shape index (κ1) is 17.0. The van der Waals surface area contributed by atoms with Crippen LogP contribution in [-0.2, 0) is 9.53 Å². The van der Waals surface area contributed by atoms with Crippen molar-refractivity contribution in [3.8, 4) is 17.2 Å². The van der Waals surface area contributed by atoms with Gasteiger partial charge in [0, 0.05) is 0 Å². The number of carbonyl (C=O) groups excluding carboxylic acids is 1. The number of aliphatic imine (C=N–C) groups is 1. The van der Waals surface area contributed by atoms with Crippen LogP contribution in [-0.4, -0.2) is 31.7 Å². The summed E-state index contributed by atoms with van der Waals surface area (Å²) in [5.41, 5.74) is 0.860. The largest absolute Gasteiger partial charge is 0.486 e. The third-order valence-corrected chi connectivity index (χ3v) is 3.82. The average molecular weight is 373 g/mol. The molecule has 2 aliphatic rings. The first-order valence-electron chi connectivity index (χ1n) is 8.06. The van der Waals surface area contributed by atoms with Crippen LogP contribution in [0.4, 0.5) is 8.78 Å². The molecule has 0 saturated carbocycles. The number of alkyl halides is 2. The van der Waals surface area contributed by atoms with Crippen molar-refractivity contribution >= 4 is 17.9 Å². The summed E-state index contributed by atoms with van der Waals surface area (Å²) in [5, 5.41) is 0. The molecular formula is C19H13F2NO5. The van der Waals surface area contributed by atoms with Gasteiger partial charge in [0.05, 0.1) is 5.56 Å². The van der Waals surface area contributed by atoms with Crippen LogP contribution in [0.3, 0.4) is 0 Å². The fraction of sp³-hybridized carbons (Fsp3) is 0.158. The van der Waals surface area contributed by atoms with Crippen LogP contribution in [0, 0.1) is 0 Å². The van der Waals surface area contributed by atoms with Crippen LogP contribution in [0.1, 0.15) is 11.1 Å². The Bertz CT molecular complexity index is 955. The van der Waals surface area contributed by atoms with Crippen LogP contribution in [0.15, 0.2) is 53.2 Å². The van der Waals surface area contributed by atoms with E-state index in [1.54, 1.807) is 24.3 Å². The van der Waals surface area contributed by atoms with E-state index in [9.17, 15) is 13.6 Å². The third-order valence-electron chi connectivity index (χ3n) is 3.82. The number of rotatable bonds is 4. The number of fused-ring (bicyclic) bond motifs is 1. The SMILES string of the molecule is O=C1OC(c2ccccc2OC(F)F)=N/C1=C\c1ccc2c(c1)OCCO2. The Hall–Kier alpha value is -3.42. The van der Waals surface area contributed by atoms with Gasteiger partial charge in [-0.3, -0.25) is 0 Å². The first-order chi connectivity index (χ1) is 13.1. The van der Waals surface area contributed by atoms with Gasteiger partial charge in [-0.2, -0.15) is 8.78 Å². The molecule has 0 unspecified atom stereocenters. The van der Waals surface area contributed by atoms with Crippen LogP contribution in [0.2, 0.25) is 0 Å². The number of para-hydroxylation sites is 1. The van der Waals surface area contributed by atoms with Gasteiger partial charge >= 0.3 is 12.6 Å². The lowest BCUT2D eigenvalue weighted by molar-refractivity contribution is -0.129. The van der Waals surface area contributed by atoms with E-state index in [1.165, 1.54) is 24.3 Å². The van der Waals surface area contributed by atoms with E-state index in [2.05, 4.69) is 9.73 Å². The van der Waals surface area contributed by atoms with Gasteiger partial charge in [0.25, 0.3) is 0 Å². The quantitative estimate of drug-likeness (QED) is 0.607. The summed E-state index contributed by atoms with van der Waals surface area (Å²) in [5.74, 6) is 0.285. The highest BCUT2D eigenvalue weighted by Gasteiger charge is 2.27.